The van der Waals surface area contributed by atoms with Crippen molar-refractivity contribution in [2.75, 3.05) is 31.3 Å². The molecule has 5 N–H and O–H groups in total. The Morgan fingerprint density at radius 1 is 1.15 bits per heavy atom. The summed E-state index contributed by atoms with van der Waals surface area (Å²) in [6.45, 7) is 6.27. The number of nitrogens with one attached hydrogen (secondary N) is 3. The summed E-state index contributed by atoms with van der Waals surface area (Å²) in [4.78, 5) is 19.9. The van der Waals surface area contributed by atoms with E-state index in [0.29, 0.717) is 54.2 Å². The molecule has 0 aliphatic rings. The first-order valence-electron chi connectivity index (χ1n) is 10.4. The van der Waals surface area contributed by atoms with E-state index < -0.39 is 11.7 Å². The molecule has 0 spiro atoms. The second-order valence-corrected chi connectivity index (χ2v) is 8.08. The Labute approximate surface area is 192 Å². The van der Waals surface area contributed by atoms with E-state index >= 15 is 0 Å². The minimum atomic E-state index is -0.533. The lowest BCUT2D eigenvalue weighted by atomic mass is 10.1. The summed E-state index contributed by atoms with van der Waals surface area (Å²) in [6, 6.07) is 7.34. The van der Waals surface area contributed by atoms with Crippen LogP contribution in [0.5, 0.6) is 11.5 Å². The van der Waals surface area contributed by atoms with Crippen LogP contribution in [0.3, 0.4) is 0 Å². The number of nitrogens with zero attached hydrogens (tertiary/aromatic N) is 3. The van der Waals surface area contributed by atoms with Gasteiger partial charge in [0.15, 0.2) is 5.82 Å². The number of anilines is 3. The summed E-state index contributed by atoms with van der Waals surface area (Å²) in [5.41, 5.74) is 6.46. The number of carbonyl (C=O) groups excluding carboxylic acids is 1. The van der Waals surface area contributed by atoms with Crippen LogP contribution in [-0.4, -0.2) is 52.1 Å². The molecular formula is C22H29N7O4. The van der Waals surface area contributed by atoms with Gasteiger partial charge in [0, 0.05) is 12.6 Å². The Hall–Kier alpha value is -4.02. The van der Waals surface area contributed by atoms with Crippen LogP contribution in [-0.2, 0) is 4.74 Å². The molecule has 33 heavy (non-hydrogen) atoms. The van der Waals surface area contributed by atoms with Gasteiger partial charge >= 0.3 is 6.09 Å². The fourth-order valence-electron chi connectivity index (χ4n) is 2.87. The third-order valence-corrected chi connectivity index (χ3v) is 4.23. The van der Waals surface area contributed by atoms with Gasteiger partial charge in [-0.1, -0.05) is 6.07 Å². The summed E-state index contributed by atoms with van der Waals surface area (Å²) in [7, 11) is 1.59. The van der Waals surface area contributed by atoms with Crippen molar-refractivity contribution in [2.24, 2.45) is 0 Å². The Morgan fingerprint density at radius 2 is 1.94 bits per heavy atom. The van der Waals surface area contributed by atoms with Crippen LogP contribution >= 0.6 is 0 Å². The largest absolute Gasteiger partial charge is 0.496 e. The first-order valence-corrected chi connectivity index (χ1v) is 10.4. The van der Waals surface area contributed by atoms with E-state index in [2.05, 4.69) is 30.8 Å². The summed E-state index contributed by atoms with van der Waals surface area (Å²) >= 11 is 0. The van der Waals surface area contributed by atoms with Crippen LogP contribution in [0.1, 0.15) is 27.2 Å². The van der Waals surface area contributed by atoms with E-state index in [-0.39, 0.29) is 0 Å². The molecular weight excluding hydrogens is 426 g/mol. The van der Waals surface area contributed by atoms with E-state index in [1.807, 2.05) is 45.0 Å². The van der Waals surface area contributed by atoms with Gasteiger partial charge in [0.05, 0.1) is 37.4 Å². The van der Waals surface area contributed by atoms with Crippen molar-refractivity contribution in [1.82, 2.24) is 25.5 Å². The van der Waals surface area contributed by atoms with Crippen LogP contribution in [0.15, 0.2) is 36.7 Å². The second-order valence-electron chi connectivity index (χ2n) is 8.08. The van der Waals surface area contributed by atoms with Crippen LogP contribution in [0.2, 0.25) is 0 Å². The highest BCUT2D eigenvalue weighted by atomic mass is 16.6. The number of nitrogens with two attached hydrogens (primary N) is 1. The van der Waals surface area contributed by atoms with Gasteiger partial charge in [-0.05, 0) is 39.3 Å². The van der Waals surface area contributed by atoms with E-state index in [1.165, 1.54) is 12.4 Å². The number of rotatable bonds is 9. The quantitative estimate of drug-likeness (QED) is 0.356. The molecule has 176 valence electrons. The lowest BCUT2D eigenvalue weighted by Gasteiger charge is -2.19. The zero-order valence-electron chi connectivity index (χ0n) is 19.1. The normalized spacial score (nSPS) is 11.0. The fourth-order valence-corrected chi connectivity index (χ4v) is 2.87. The number of aromatic nitrogens is 4. The Kier molecular flexibility index (Phi) is 7.54. The first kappa shape index (κ1) is 23.6. The second kappa shape index (κ2) is 10.5. The third kappa shape index (κ3) is 6.99. The monoisotopic (exact) mass is 455 g/mol. The van der Waals surface area contributed by atoms with Gasteiger partial charge in [-0.2, -0.15) is 5.10 Å². The van der Waals surface area contributed by atoms with Crippen LogP contribution in [0.4, 0.5) is 22.2 Å². The van der Waals surface area contributed by atoms with Crippen molar-refractivity contribution in [1.29, 1.82) is 0 Å². The van der Waals surface area contributed by atoms with Crippen LogP contribution in [0, 0.1) is 0 Å². The number of carbonyl (C=O) groups is 1. The number of aromatic amines is 1. The topological polar surface area (TPSA) is 149 Å². The molecule has 0 fully saturated rings. The van der Waals surface area contributed by atoms with Crippen molar-refractivity contribution in [3.63, 3.8) is 0 Å². The van der Waals surface area contributed by atoms with Gasteiger partial charge in [-0.3, -0.25) is 5.10 Å². The molecule has 0 saturated carbocycles. The zero-order chi connectivity index (χ0) is 23.8. The molecule has 2 aromatic heterocycles. The number of methoxy groups -OCH3 is 1. The standard InChI is InChI=1S/C22H29N7O4/c1-22(2,3)33-21(30)24-9-6-10-32-16-8-5-7-15(31-4)20(16)14-11-18(29-28-14)27-19-13-25-17(23)12-26-19/h5,7-8,11-13H,6,9-10H2,1-4H3,(H2,23,25)(H,24,30)(H2,26,27,28,29). The Bertz CT molecular complexity index is 1060. The highest BCUT2D eigenvalue weighted by Gasteiger charge is 2.17. The minimum absolute atomic E-state index is 0.334. The highest BCUT2D eigenvalue weighted by Crippen LogP contribution is 2.38. The maximum atomic E-state index is 11.7. The molecule has 11 heteroatoms. The lowest BCUT2D eigenvalue weighted by Crippen LogP contribution is -2.33. The molecule has 0 radical (unpaired) electrons. The molecule has 0 aliphatic heterocycles. The molecule has 3 rings (SSSR count). The van der Waals surface area contributed by atoms with Crippen molar-refractivity contribution in [2.45, 2.75) is 32.8 Å². The van der Waals surface area contributed by atoms with Gasteiger partial charge in [0.1, 0.15) is 28.7 Å². The minimum Gasteiger partial charge on any atom is -0.496 e. The van der Waals surface area contributed by atoms with Crippen molar-refractivity contribution in [3.8, 4) is 22.8 Å². The van der Waals surface area contributed by atoms with Crippen LogP contribution < -0.4 is 25.8 Å². The average Bonchev–Trinajstić information content (AvgIpc) is 3.21. The average molecular weight is 456 g/mol. The maximum absolute atomic E-state index is 11.7. The molecule has 2 heterocycles. The number of H-pyrrole nitrogens is 1. The fraction of sp³-hybridized carbons (Fsp3) is 0.364. The van der Waals surface area contributed by atoms with Crippen LogP contribution in [0.25, 0.3) is 11.3 Å². The van der Waals surface area contributed by atoms with Crippen molar-refractivity contribution < 1.29 is 19.0 Å². The molecule has 0 aliphatic carbocycles. The van der Waals surface area contributed by atoms with E-state index in [1.54, 1.807) is 7.11 Å². The van der Waals surface area contributed by atoms with E-state index in [9.17, 15) is 4.79 Å². The number of hydrogen-bond donors (Lipinski definition) is 4. The van der Waals surface area contributed by atoms with E-state index in [0.717, 1.165) is 5.56 Å². The molecule has 11 nitrogen and oxygen atoms in total. The van der Waals surface area contributed by atoms with Gasteiger partial charge in [0.25, 0.3) is 0 Å². The molecule has 0 atom stereocenters. The van der Waals surface area contributed by atoms with Crippen molar-refractivity contribution >= 4 is 23.5 Å². The van der Waals surface area contributed by atoms with Gasteiger partial charge < -0.3 is 30.6 Å². The van der Waals surface area contributed by atoms with E-state index in [4.69, 9.17) is 19.9 Å². The SMILES string of the molecule is COc1cccc(OCCCNC(=O)OC(C)(C)C)c1-c1cc(Nc2cnc(N)cn2)n[nH]1. The first-order chi connectivity index (χ1) is 15.7. The number of benzene rings is 1. The smallest absolute Gasteiger partial charge is 0.407 e. The Morgan fingerprint density at radius 3 is 2.64 bits per heavy atom. The molecule has 1 amide bonds. The molecule has 0 unspecified atom stereocenters. The molecule has 1 aromatic carbocycles. The number of nitrogen functional groups attached to an aromatic ring is 1. The highest BCUT2D eigenvalue weighted by molar-refractivity contribution is 5.76. The third-order valence-electron chi connectivity index (χ3n) is 4.23. The summed E-state index contributed by atoms with van der Waals surface area (Å²) < 4.78 is 16.7. The maximum Gasteiger partial charge on any atom is 0.407 e. The molecule has 0 saturated heterocycles. The predicted octanol–water partition coefficient (Wildman–Crippen LogP) is 3.49. The lowest BCUT2D eigenvalue weighted by molar-refractivity contribution is 0.0525. The summed E-state index contributed by atoms with van der Waals surface area (Å²) in [5, 5.41) is 13.0. The zero-order valence-corrected chi connectivity index (χ0v) is 19.1. The molecule has 0 bridgehead atoms. The number of amides is 1. The Balaban J connectivity index is 1.64. The number of hydrogen-bond acceptors (Lipinski definition) is 9. The molecule has 3 aromatic rings. The number of ether oxygens (including phenoxy) is 3. The van der Waals surface area contributed by atoms with Gasteiger partial charge in [0.2, 0.25) is 0 Å². The predicted molar refractivity (Wildman–Crippen MR) is 125 cm³/mol. The van der Waals surface area contributed by atoms with Gasteiger partial charge in [-0.15, -0.1) is 0 Å². The number of alkyl carbamates (subject to hydrolysis) is 1. The summed E-state index contributed by atoms with van der Waals surface area (Å²) in [6.07, 6.45) is 3.13. The summed E-state index contributed by atoms with van der Waals surface area (Å²) in [5.74, 6) is 2.63. The van der Waals surface area contributed by atoms with Crippen molar-refractivity contribution in [3.05, 3.63) is 36.7 Å². The van der Waals surface area contributed by atoms with Gasteiger partial charge in [-0.25, -0.2) is 14.8 Å².